The minimum atomic E-state index is -1.82. The van der Waals surface area contributed by atoms with Crippen LogP contribution in [0.15, 0.2) is 17.3 Å². The number of hydroxylamine groups is 1. The Morgan fingerprint density at radius 1 is 1.12 bits per heavy atom. The van der Waals surface area contributed by atoms with Crippen LogP contribution in [0.4, 0.5) is 0 Å². The molecule has 18 heteroatoms. The van der Waals surface area contributed by atoms with E-state index in [2.05, 4.69) is 23.4 Å². The maximum atomic E-state index is 14.5. The molecule has 1 amide bonds. The second-order valence-corrected chi connectivity index (χ2v) is 18.1. The van der Waals surface area contributed by atoms with Crippen molar-refractivity contribution in [1.29, 1.82) is 0 Å². The smallest absolute Gasteiger partial charge is 0.384 e. The first kappa shape index (κ1) is 46.5. The zero-order chi connectivity index (χ0) is 42.7. The number of nitrogens with one attached hydrogen (secondary N) is 1. The minimum Gasteiger partial charge on any atom is -0.384 e. The number of likely N-dealkylation sites (N-methyl/N-ethyl adjacent to an activating group) is 1. The van der Waals surface area contributed by atoms with Crippen molar-refractivity contribution in [1.82, 2.24) is 23.3 Å². The predicted molar refractivity (Wildman–Crippen MR) is 213 cm³/mol. The summed E-state index contributed by atoms with van der Waals surface area (Å²) in [6, 6.07) is 0.880. The van der Waals surface area contributed by atoms with Gasteiger partial charge in [0, 0.05) is 24.6 Å². The molecule has 3 aliphatic rings. The molecule has 5 heterocycles. The molecule has 1 unspecified atom stereocenters. The first-order valence-corrected chi connectivity index (χ1v) is 21.7. The average Bonchev–Trinajstić information content (AvgIpc) is 3.63. The van der Waals surface area contributed by atoms with E-state index < -0.39 is 89.3 Å². The van der Waals surface area contributed by atoms with Gasteiger partial charge in [-0.05, 0) is 53.6 Å². The van der Waals surface area contributed by atoms with Gasteiger partial charge in [0.05, 0.1) is 6.10 Å². The number of hydrogen-bond donors (Lipinski definition) is 3. The van der Waals surface area contributed by atoms with Crippen LogP contribution in [0.2, 0.25) is 0 Å². The van der Waals surface area contributed by atoms with Crippen molar-refractivity contribution in [3.63, 3.8) is 0 Å². The van der Waals surface area contributed by atoms with Crippen LogP contribution in [0.1, 0.15) is 87.1 Å². The van der Waals surface area contributed by atoms with E-state index >= 15 is 0 Å². The van der Waals surface area contributed by atoms with Gasteiger partial charge in [0.25, 0.3) is 0 Å². The third-order valence-corrected chi connectivity index (χ3v) is 13.0. The molecule has 58 heavy (non-hydrogen) atoms. The van der Waals surface area contributed by atoms with E-state index in [-0.39, 0.29) is 59.8 Å². The van der Waals surface area contributed by atoms with Gasteiger partial charge in [0.1, 0.15) is 18.1 Å². The van der Waals surface area contributed by atoms with Crippen molar-refractivity contribution in [2.75, 3.05) is 27.3 Å². The van der Waals surface area contributed by atoms with Crippen LogP contribution < -0.4 is 5.48 Å². The zero-order valence-corrected chi connectivity index (χ0v) is 37.3. The molecule has 0 saturated carbocycles. The van der Waals surface area contributed by atoms with Gasteiger partial charge in [-0.2, -0.15) is 0 Å². The second-order valence-electron chi connectivity index (χ2n) is 17.0. The number of pyridine rings is 1. The summed E-state index contributed by atoms with van der Waals surface area (Å²) in [4.78, 5) is 58.0. The molecule has 5 rings (SSSR count). The fourth-order valence-electron chi connectivity index (χ4n) is 8.75. The molecule has 3 aliphatic heterocycles. The molecule has 3 saturated heterocycles. The molecule has 17 nitrogen and oxygen atoms in total. The Hall–Kier alpha value is -2.61. The van der Waals surface area contributed by atoms with E-state index in [0.29, 0.717) is 23.3 Å². The maximum absolute atomic E-state index is 14.5. The number of hydrogen-bond acceptors (Lipinski definition) is 16. The van der Waals surface area contributed by atoms with Crippen molar-refractivity contribution in [3.8, 4) is 0 Å². The van der Waals surface area contributed by atoms with E-state index in [1.54, 1.807) is 20.0 Å². The predicted octanol–water partition coefficient (Wildman–Crippen LogP) is 2.03. The zero-order valence-electron chi connectivity index (χ0n) is 35.5. The molecule has 14 atom stereocenters. The van der Waals surface area contributed by atoms with Gasteiger partial charge >= 0.3 is 151 Å². The summed E-state index contributed by atoms with van der Waals surface area (Å²) >= 11 is -0.228. The molecule has 324 valence electrons. The van der Waals surface area contributed by atoms with Gasteiger partial charge in [-0.1, -0.05) is 27.7 Å². The number of aliphatic imine (C=N–C) groups is 1. The number of Topliss-reactive ketones (excluding diaryl/α,β-unsaturated/α-hetero) is 1. The van der Waals surface area contributed by atoms with Gasteiger partial charge in [0.15, 0.2) is 12.1 Å². The van der Waals surface area contributed by atoms with Gasteiger partial charge < -0.3 is 29.3 Å². The Morgan fingerprint density at radius 2 is 1.84 bits per heavy atom. The molecule has 2 aromatic rings. The van der Waals surface area contributed by atoms with Crippen LogP contribution in [-0.4, -0.2) is 154 Å². The number of aromatic nitrogens is 3. The number of rotatable bonds is 8. The quantitative estimate of drug-likeness (QED) is 0.150. The number of amides is 1. The van der Waals surface area contributed by atoms with Gasteiger partial charge in [-0.3, -0.25) is 14.4 Å². The molecule has 0 spiro atoms. The van der Waals surface area contributed by atoms with Crippen molar-refractivity contribution in [2.24, 2.45) is 28.7 Å². The summed E-state index contributed by atoms with van der Waals surface area (Å²) in [6.45, 7) is 15.2. The molecule has 0 aliphatic carbocycles. The minimum absolute atomic E-state index is 0.0431. The summed E-state index contributed by atoms with van der Waals surface area (Å²) in [6.07, 6.45) is -3.27. The number of nitrogens with zero attached hydrogens (tertiary/aromatic N) is 5. The Balaban J connectivity index is 1.63. The van der Waals surface area contributed by atoms with E-state index in [9.17, 15) is 24.6 Å². The topological polar surface area (TPSA) is 213 Å². The molecule has 2 bridgehead atoms. The van der Waals surface area contributed by atoms with E-state index in [0.717, 1.165) is 5.56 Å². The van der Waals surface area contributed by atoms with Crippen LogP contribution in [0.25, 0.3) is 11.2 Å². The Morgan fingerprint density at radius 3 is 2.52 bits per heavy atom. The summed E-state index contributed by atoms with van der Waals surface area (Å²) in [7, 11) is 3.74. The summed E-state index contributed by atoms with van der Waals surface area (Å²) < 4.78 is 41.3. The number of ketones is 1. The molecule has 0 aromatic carbocycles. The number of aliphatic hydroxyl groups excluding tert-OH is 1. The number of carbonyl (C=O) groups excluding carboxylic acids is 3. The van der Waals surface area contributed by atoms with Crippen molar-refractivity contribution >= 4 is 49.5 Å². The van der Waals surface area contributed by atoms with Crippen LogP contribution in [0.5, 0.6) is 0 Å². The first-order chi connectivity index (χ1) is 27.3. The Bertz CT molecular complexity index is 1780. The summed E-state index contributed by atoms with van der Waals surface area (Å²) in [5, 5.41) is 24.1. The van der Waals surface area contributed by atoms with Crippen LogP contribution in [0.3, 0.4) is 0 Å². The van der Waals surface area contributed by atoms with Gasteiger partial charge in [-0.15, -0.1) is 0 Å². The van der Waals surface area contributed by atoms with E-state index in [1.807, 2.05) is 52.8 Å². The SMILES string of the molecule is CC[C@H]1OC(=O)[C@H](C)C(=O)[C@H](C)[C@@H](O[C@H]2O[C@H](C)C[C@H](N(C)C)[C@H]2O)[C@@]2(C)C[C@@H](C)C(=NC(C)=O)[C@H](C)[C@@H](OCC(NOCc3cnc4n[se]nc4c3)CO2)[C@]1(C)O. The molecule has 2 aromatic heterocycles. The molecule has 3 N–H and O–H groups in total. The average molecular weight is 882 g/mol. The summed E-state index contributed by atoms with van der Waals surface area (Å²) in [5.41, 5.74) is 2.40. The number of carbonyl (C=O) groups is 3. The number of aliphatic hydroxyl groups is 2. The van der Waals surface area contributed by atoms with E-state index in [1.165, 1.54) is 20.8 Å². The number of fused-ring (bicyclic) bond motifs is 6. The number of esters is 1. The van der Waals surface area contributed by atoms with Crippen molar-refractivity contribution in [2.45, 2.75) is 148 Å². The Kier molecular flexibility index (Phi) is 15.5. The Labute approximate surface area is 347 Å². The van der Waals surface area contributed by atoms with Crippen LogP contribution in [0, 0.1) is 23.7 Å². The third-order valence-electron chi connectivity index (χ3n) is 11.9. The monoisotopic (exact) mass is 882 g/mol. The fourth-order valence-corrected chi connectivity index (χ4v) is 9.76. The number of ether oxygens (including phenoxy) is 5. The third kappa shape index (κ3) is 10.5. The normalized spacial score (nSPS) is 39.2. The second kappa shape index (κ2) is 19.4. The molecule has 0 radical (unpaired) electrons. The standard InChI is InChI=1S/C40H62N6O11Se/c1-12-30-40(9,51)35-22(4)31(42-25(7)47)20(2)15-39(8,53-19-27(18-52-35)43-54-17-26-14-28-36(41-16-26)45-58-44-28)34(23(5)32(48)24(6)37(50)56-30)57-38-33(49)29(46(10)11)13-21(3)55-38/h14,16,20-24,27,29-30,33-35,38,43,49,51H,12-13,15,17-19H2,1-11H3/t20-,21-,22+,23+,24-,27?,29+,30-,33-,34-,35-,38-,39-,40-/m1/s1. The summed E-state index contributed by atoms with van der Waals surface area (Å²) in [5.74, 6) is -5.21. The first-order valence-electron chi connectivity index (χ1n) is 20.2. The molecular weight excluding hydrogens is 819 g/mol. The van der Waals surface area contributed by atoms with Gasteiger partial charge in [0.2, 0.25) is 5.91 Å². The fraction of sp³-hybridized carbons (Fsp3) is 0.775. The van der Waals surface area contributed by atoms with Crippen molar-refractivity contribution in [3.05, 3.63) is 17.8 Å². The molecule has 3 fully saturated rings. The number of cyclic esters (lactones) is 1. The van der Waals surface area contributed by atoms with E-state index in [4.69, 9.17) is 28.5 Å². The molecular formula is C40H62N6O11Se. The van der Waals surface area contributed by atoms with Crippen LogP contribution in [-0.2, 0) is 49.5 Å². The van der Waals surface area contributed by atoms with Crippen molar-refractivity contribution < 1.29 is 53.1 Å². The van der Waals surface area contributed by atoms with Gasteiger partial charge in [-0.25, -0.2) is 4.99 Å². The van der Waals surface area contributed by atoms with Crippen LogP contribution >= 0.6 is 0 Å².